The molecule has 11 nitrogen and oxygen atoms in total. The number of aromatic nitrogens is 2. The van der Waals surface area contributed by atoms with Crippen LogP contribution in [0.3, 0.4) is 0 Å². The summed E-state index contributed by atoms with van der Waals surface area (Å²) in [5.74, 6) is -2.65. The lowest BCUT2D eigenvalue weighted by Gasteiger charge is -2.29. The van der Waals surface area contributed by atoms with Crippen LogP contribution in [0.4, 0.5) is 0 Å². The molecule has 2 aromatic rings. The molecule has 0 aliphatic carbocycles. The van der Waals surface area contributed by atoms with Crippen LogP contribution < -0.4 is 10.6 Å². The summed E-state index contributed by atoms with van der Waals surface area (Å²) in [6.45, 7) is 1.58. The molecule has 1 aromatic carbocycles. The van der Waals surface area contributed by atoms with Crippen LogP contribution in [-0.4, -0.2) is 88.0 Å². The predicted octanol–water partition coefficient (Wildman–Crippen LogP) is -0.656. The minimum Gasteiger partial charge on any atom is -0.426 e. The number of carbonyl (C=O) groups excluding carboxylic acids is 3. The van der Waals surface area contributed by atoms with Gasteiger partial charge in [0, 0.05) is 25.5 Å². The van der Waals surface area contributed by atoms with E-state index in [-0.39, 0.29) is 18.0 Å². The average Bonchev–Trinajstić information content (AvgIpc) is 2.89. The lowest BCUT2D eigenvalue weighted by molar-refractivity contribution is -0.138. The fourth-order valence-corrected chi connectivity index (χ4v) is 3.72. The van der Waals surface area contributed by atoms with Gasteiger partial charge in [-0.1, -0.05) is 30.3 Å². The zero-order valence-corrected chi connectivity index (χ0v) is 19.4. The maximum absolute atomic E-state index is 13.1. The molecule has 1 aliphatic rings. The summed E-state index contributed by atoms with van der Waals surface area (Å²) in [6, 6.07) is 8.46. The van der Waals surface area contributed by atoms with Gasteiger partial charge in [0.2, 0.25) is 11.8 Å². The molecule has 1 aliphatic heterocycles. The van der Waals surface area contributed by atoms with E-state index in [0.29, 0.717) is 45.6 Å². The normalized spacial score (nSPS) is 15.1. The van der Waals surface area contributed by atoms with Crippen LogP contribution in [-0.2, 0) is 20.7 Å². The van der Waals surface area contributed by atoms with Gasteiger partial charge >= 0.3 is 7.12 Å². The molecule has 35 heavy (non-hydrogen) atoms. The number of morpholine rings is 1. The van der Waals surface area contributed by atoms with Gasteiger partial charge in [-0.15, -0.1) is 0 Å². The lowest BCUT2D eigenvalue weighted by atomic mass is 9.76. The Labute approximate surface area is 204 Å². The van der Waals surface area contributed by atoms with E-state index >= 15 is 0 Å². The summed E-state index contributed by atoms with van der Waals surface area (Å²) < 4.78 is 5.26. The number of hydrogen-bond donors (Lipinski definition) is 4. The van der Waals surface area contributed by atoms with E-state index in [9.17, 15) is 24.4 Å². The molecule has 2 atom stereocenters. The highest BCUT2D eigenvalue weighted by Gasteiger charge is 2.32. The molecule has 0 spiro atoms. The second kappa shape index (κ2) is 13.5. The predicted molar refractivity (Wildman–Crippen MR) is 127 cm³/mol. The third-order valence-corrected chi connectivity index (χ3v) is 5.67. The number of ether oxygens (including phenoxy) is 1. The third kappa shape index (κ3) is 8.43. The van der Waals surface area contributed by atoms with E-state index in [4.69, 9.17) is 4.74 Å². The standard InChI is InChI=1S/C23H30BN5O6/c30-21(29-11-13-35-14-12-29)15-18(27-23(32)19-16-25-9-10-26-19)22(31)28-20(24(33)34)8-4-7-17-5-2-1-3-6-17/h1-3,5-6,9-10,16,18,20,33-34H,4,7-8,11-15H2,(H,27,32)(H,28,31)/t18?,20-/m1/s1. The SMILES string of the molecule is O=C(NC(CC(=O)N1CCOCC1)C(=O)N[C@H](CCCc1ccccc1)B(O)O)c1cnccn1. The number of nitrogens with one attached hydrogen (secondary N) is 2. The zero-order valence-electron chi connectivity index (χ0n) is 19.4. The molecule has 1 unspecified atom stereocenters. The van der Waals surface area contributed by atoms with E-state index in [0.717, 1.165) is 5.56 Å². The number of rotatable bonds is 11. The summed E-state index contributed by atoms with van der Waals surface area (Å²) in [6.07, 6.45) is 5.28. The Bertz CT molecular complexity index is 959. The molecule has 1 fully saturated rings. The topological polar surface area (TPSA) is 154 Å². The zero-order chi connectivity index (χ0) is 25.0. The van der Waals surface area contributed by atoms with E-state index < -0.39 is 30.9 Å². The van der Waals surface area contributed by atoms with Crippen molar-refractivity contribution in [3.8, 4) is 0 Å². The largest absolute Gasteiger partial charge is 0.475 e. The fourth-order valence-electron chi connectivity index (χ4n) is 3.72. The first kappa shape index (κ1) is 26.3. The van der Waals surface area contributed by atoms with Crippen molar-refractivity contribution in [3.05, 3.63) is 60.2 Å². The van der Waals surface area contributed by atoms with Crippen LogP contribution in [0.25, 0.3) is 0 Å². The monoisotopic (exact) mass is 483 g/mol. The molecule has 0 saturated carbocycles. The molecule has 0 radical (unpaired) electrons. The first-order valence-corrected chi connectivity index (χ1v) is 11.6. The Balaban J connectivity index is 1.65. The van der Waals surface area contributed by atoms with E-state index in [1.807, 2.05) is 30.3 Å². The van der Waals surface area contributed by atoms with Gasteiger partial charge in [0.05, 0.1) is 31.8 Å². The highest BCUT2D eigenvalue weighted by Crippen LogP contribution is 2.09. The Kier molecular flexibility index (Phi) is 10.1. The summed E-state index contributed by atoms with van der Waals surface area (Å²) in [5, 5.41) is 24.8. The van der Waals surface area contributed by atoms with Crippen molar-refractivity contribution in [1.82, 2.24) is 25.5 Å². The second-order valence-electron chi connectivity index (χ2n) is 8.22. The van der Waals surface area contributed by atoms with Gasteiger partial charge in [-0.2, -0.15) is 0 Å². The molecule has 1 saturated heterocycles. The van der Waals surface area contributed by atoms with Crippen molar-refractivity contribution in [1.29, 1.82) is 0 Å². The third-order valence-electron chi connectivity index (χ3n) is 5.67. The second-order valence-corrected chi connectivity index (χ2v) is 8.22. The molecular formula is C23H30BN5O6. The van der Waals surface area contributed by atoms with Crippen LogP contribution in [0, 0.1) is 0 Å². The van der Waals surface area contributed by atoms with E-state index in [1.165, 1.54) is 18.6 Å². The van der Waals surface area contributed by atoms with Crippen LogP contribution in [0.2, 0.25) is 0 Å². The van der Waals surface area contributed by atoms with Crippen LogP contribution >= 0.6 is 0 Å². The number of aryl methyl sites for hydroxylation is 1. The number of benzene rings is 1. The summed E-state index contributed by atoms with van der Waals surface area (Å²) in [7, 11) is -1.80. The Morgan fingerprint density at radius 1 is 1.09 bits per heavy atom. The fraction of sp³-hybridized carbons (Fsp3) is 0.435. The quantitative estimate of drug-likeness (QED) is 0.308. The molecule has 0 bridgehead atoms. The highest BCUT2D eigenvalue weighted by molar-refractivity contribution is 6.43. The molecule has 1 aromatic heterocycles. The van der Waals surface area contributed by atoms with Crippen molar-refractivity contribution in [2.45, 2.75) is 37.7 Å². The summed E-state index contributed by atoms with van der Waals surface area (Å²) >= 11 is 0. The molecule has 3 amide bonds. The molecule has 12 heteroatoms. The number of amides is 3. The van der Waals surface area contributed by atoms with Gasteiger partial charge in [0.1, 0.15) is 11.7 Å². The minimum atomic E-state index is -1.80. The smallest absolute Gasteiger partial charge is 0.426 e. The van der Waals surface area contributed by atoms with E-state index in [1.54, 1.807) is 4.90 Å². The van der Waals surface area contributed by atoms with Gasteiger partial charge in [0.15, 0.2) is 0 Å². The minimum absolute atomic E-state index is 0.00859. The van der Waals surface area contributed by atoms with Crippen molar-refractivity contribution in [3.63, 3.8) is 0 Å². The maximum Gasteiger partial charge on any atom is 0.475 e. The van der Waals surface area contributed by atoms with Gasteiger partial charge in [0.25, 0.3) is 5.91 Å². The maximum atomic E-state index is 13.1. The Morgan fingerprint density at radius 3 is 2.49 bits per heavy atom. The van der Waals surface area contributed by atoms with Gasteiger partial charge in [-0.3, -0.25) is 19.4 Å². The first-order valence-electron chi connectivity index (χ1n) is 11.6. The number of hydrogen-bond acceptors (Lipinski definition) is 8. The molecule has 2 heterocycles. The first-order chi connectivity index (χ1) is 16.9. The van der Waals surface area contributed by atoms with Crippen molar-refractivity contribution >= 4 is 24.8 Å². The Morgan fingerprint density at radius 2 is 1.83 bits per heavy atom. The van der Waals surface area contributed by atoms with Gasteiger partial charge in [-0.25, -0.2) is 4.98 Å². The molecular weight excluding hydrogens is 453 g/mol. The van der Waals surface area contributed by atoms with Crippen LogP contribution in [0.5, 0.6) is 0 Å². The van der Waals surface area contributed by atoms with Gasteiger partial charge < -0.3 is 30.3 Å². The number of nitrogens with zero attached hydrogens (tertiary/aromatic N) is 3. The average molecular weight is 483 g/mol. The molecule has 4 N–H and O–H groups in total. The Hall–Kier alpha value is -3.35. The van der Waals surface area contributed by atoms with Crippen LogP contribution in [0.1, 0.15) is 35.3 Å². The molecule has 186 valence electrons. The van der Waals surface area contributed by atoms with Crippen molar-refractivity contribution in [2.24, 2.45) is 0 Å². The summed E-state index contributed by atoms with van der Waals surface area (Å²) in [5.41, 5.74) is 1.08. The highest BCUT2D eigenvalue weighted by atomic mass is 16.5. The van der Waals surface area contributed by atoms with Crippen molar-refractivity contribution < 1.29 is 29.2 Å². The summed E-state index contributed by atoms with van der Waals surface area (Å²) in [4.78, 5) is 47.8. The molecule has 3 rings (SSSR count). The van der Waals surface area contributed by atoms with Crippen LogP contribution in [0.15, 0.2) is 48.9 Å². The van der Waals surface area contributed by atoms with Crippen molar-refractivity contribution in [2.75, 3.05) is 26.3 Å². The van der Waals surface area contributed by atoms with Gasteiger partial charge in [-0.05, 0) is 24.8 Å². The lowest BCUT2D eigenvalue weighted by Crippen LogP contribution is -2.55. The van der Waals surface area contributed by atoms with E-state index in [2.05, 4.69) is 20.6 Å². The number of carbonyl (C=O) groups is 3.